The Labute approximate surface area is 121 Å². The van der Waals surface area contributed by atoms with E-state index in [0.717, 1.165) is 51.6 Å². The maximum absolute atomic E-state index is 11.7. The Morgan fingerprint density at radius 3 is 2.89 bits per heavy atom. The summed E-state index contributed by atoms with van der Waals surface area (Å²) in [6.45, 7) is 6.97. The van der Waals surface area contributed by atoms with E-state index in [4.69, 9.17) is 4.74 Å². The number of hydrogen-bond donors (Lipinski definition) is 1. The number of ether oxygens (including phenoxy) is 1. The molecule has 1 rings (SSSR count). The minimum atomic E-state index is -2.97. The molecule has 19 heavy (non-hydrogen) atoms. The van der Waals surface area contributed by atoms with E-state index in [1.54, 1.807) is 11.8 Å². The van der Waals surface area contributed by atoms with Crippen LogP contribution in [0.4, 0.5) is 0 Å². The Morgan fingerprint density at radius 2 is 2.21 bits per heavy atom. The summed E-state index contributed by atoms with van der Waals surface area (Å²) in [6.07, 6.45) is 2.34. The van der Waals surface area contributed by atoms with Crippen molar-refractivity contribution in [2.75, 3.05) is 57.2 Å². The van der Waals surface area contributed by atoms with Gasteiger partial charge in [-0.15, -0.1) is 0 Å². The van der Waals surface area contributed by atoms with Gasteiger partial charge in [-0.2, -0.15) is 11.8 Å². The summed E-state index contributed by atoms with van der Waals surface area (Å²) < 4.78 is 28.7. The molecule has 0 aromatic rings. The Hall–Kier alpha value is 0.180. The van der Waals surface area contributed by atoms with Crippen molar-refractivity contribution in [3.8, 4) is 0 Å². The monoisotopic (exact) mass is 310 g/mol. The molecule has 114 valence electrons. The van der Waals surface area contributed by atoms with Crippen molar-refractivity contribution >= 4 is 21.6 Å². The highest BCUT2D eigenvalue weighted by molar-refractivity contribution is 8.00. The van der Waals surface area contributed by atoms with Crippen molar-refractivity contribution in [2.45, 2.75) is 18.7 Å². The Kier molecular flexibility index (Phi) is 8.32. The van der Waals surface area contributed by atoms with Crippen LogP contribution in [-0.2, 0) is 14.6 Å². The molecule has 0 saturated carbocycles. The summed E-state index contributed by atoms with van der Waals surface area (Å²) >= 11 is 1.73. The molecule has 7 heteroatoms. The van der Waals surface area contributed by atoms with Crippen molar-refractivity contribution < 1.29 is 13.2 Å². The highest BCUT2D eigenvalue weighted by Crippen LogP contribution is 2.19. The fourth-order valence-electron chi connectivity index (χ4n) is 2.06. The van der Waals surface area contributed by atoms with Crippen molar-refractivity contribution in [2.24, 2.45) is 0 Å². The lowest BCUT2D eigenvalue weighted by Gasteiger charge is -2.33. The molecule has 1 unspecified atom stereocenters. The van der Waals surface area contributed by atoms with Crippen LogP contribution in [-0.4, -0.2) is 75.8 Å². The lowest BCUT2D eigenvalue weighted by atomic mass is 10.4. The van der Waals surface area contributed by atoms with Gasteiger partial charge in [0.15, 0.2) is 9.84 Å². The van der Waals surface area contributed by atoms with Gasteiger partial charge in [0.25, 0.3) is 0 Å². The zero-order chi connectivity index (χ0) is 14.1. The number of rotatable bonds is 9. The number of hydrogen-bond acceptors (Lipinski definition) is 6. The average molecular weight is 310 g/mol. The van der Waals surface area contributed by atoms with Gasteiger partial charge in [0, 0.05) is 50.6 Å². The molecule has 0 bridgehead atoms. The molecule has 1 aliphatic heterocycles. The molecule has 1 fully saturated rings. The van der Waals surface area contributed by atoms with Crippen LogP contribution >= 0.6 is 11.8 Å². The lowest BCUT2D eigenvalue weighted by molar-refractivity contribution is 0.144. The summed E-state index contributed by atoms with van der Waals surface area (Å²) in [7, 11) is -2.97. The summed E-state index contributed by atoms with van der Waals surface area (Å²) in [5, 5.41) is 3.03. The summed E-state index contributed by atoms with van der Waals surface area (Å²) in [4.78, 5) is 2.08. The van der Waals surface area contributed by atoms with Crippen LogP contribution in [0.5, 0.6) is 0 Å². The van der Waals surface area contributed by atoms with Gasteiger partial charge in [-0.25, -0.2) is 8.42 Å². The molecule has 1 N–H and O–H groups in total. The Balaban J connectivity index is 2.19. The van der Waals surface area contributed by atoms with Gasteiger partial charge in [-0.05, 0) is 19.9 Å². The van der Waals surface area contributed by atoms with Gasteiger partial charge >= 0.3 is 0 Å². The predicted octanol–water partition coefficient (Wildman–Crippen LogP) is 0.422. The summed E-state index contributed by atoms with van der Waals surface area (Å²) in [6, 6.07) is 0. The fourth-order valence-corrected chi connectivity index (χ4v) is 5.03. The number of nitrogens with zero attached hydrogens (tertiary/aromatic N) is 1. The van der Waals surface area contributed by atoms with Gasteiger partial charge in [0.05, 0.1) is 0 Å². The lowest BCUT2D eigenvalue weighted by Crippen LogP contribution is -2.49. The molecule has 1 saturated heterocycles. The second kappa shape index (κ2) is 9.18. The average Bonchev–Trinajstić information content (AvgIpc) is 2.37. The molecule has 5 nitrogen and oxygen atoms in total. The van der Waals surface area contributed by atoms with E-state index in [1.165, 1.54) is 6.26 Å². The van der Waals surface area contributed by atoms with Gasteiger partial charge in [-0.1, -0.05) is 0 Å². The van der Waals surface area contributed by atoms with Crippen LogP contribution in [0, 0.1) is 0 Å². The van der Waals surface area contributed by atoms with E-state index < -0.39 is 9.84 Å². The zero-order valence-corrected chi connectivity index (χ0v) is 13.6. The van der Waals surface area contributed by atoms with Gasteiger partial charge in [0.2, 0.25) is 0 Å². The van der Waals surface area contributed by atoms with Crippen molar-refractivity contribution in [3.63, 3.8) is 0 Å². The maximum atomic E-state index is 11.7. The van der Waals surface area contributed by atoms with E-state index in [9.17, 15) is 8.42 Å². The number of thioether (sulfide) groups is 1. The van der Waals surface area contributed by atoms with Crippen LogP contribution < -0.4 is 5.32 Å². The molecule has 0 aromatic heterocycles. The molecule has 0 spiro atoms. The Morgan fingerprint density at radius 1 is 1.42 bits per heavy atom. The smallest absolute Gasteiger partial charge is 0.164 e. The van der Waals surface area contributed by atoms with Crippen LogP contribution in [0.25, 0.3) is 0 Å². The van der Waals surface area contributed by atoms with Crippen molar-refractivity contribution in [1.82, 2.24) is 10.2 Å². The van der Waals surface area contributed by atoms with E-state index in [2.05, 4.69) is 10.2 Å². The third-order valence-electron chi connectivity index (χ3n) is 3.11. The first-order valence-electron chi connectivity index (χ1n) is 6.85. The van der Waals surface area contributed by atoms with Crippen LogP contribution in [0.1, 0.15) is 13.3 Å². The van der Waals surface area contributed by atoms with E-state index in [0.29, 0.717) is 5.75 Å². The van der Waals surface area contributed by atoms with Crippen LogP contribution in [0.3, 0.4) is 0 Å². The summed E-state index contributed by atoms with van der Waals surface area (Å²) in [5.41, 5.74) is 0. The molecule has 1 heterocycles. The molecule has 0 aliphatic carbocycles. The van der Waals surface area contributed by atoms with E-state index in [-0.39, 0.29) is 5.37 Å². The predicted molar refractivity (Wildman–Crippen MR) is 81.5 cm³/mol. The minimum absolute atomic E-state index is 0.309. The van der Waals surface area contributed by atoms with Gasteiger partial charge in [0.1, 0.15) is 5.37 Å². The highest BCUT2D eigenvalue weighted by atomic mass is 32.2. The molecule has 0 radical (unpaired) electrons. The van der Waals surface area contributed by atoms with Gasteiger partial charge < -0.3 is 10.1 Å². The molecular formula is C12H26N2O3S2. The SMILES string of the molecule is CCOCCCNCCN1CCSCC1S(C)(=O)=O. The molecule has 1 aliphatic rings. The first kappa shape index (κ1) is 17.2. The maximum Gasteiger partial charge on any atom is 0.164 e. The van der Waals surface area contributed by atoms with Crippen molar-refractivity contribution in [3.05, 3.63) is 0 Å². The zero-order valence-electron chi connectivity index (χ0n) is 11.9. The van der Waals surface area contributed by atoms with Crippen molar-refractivity contribution in [1.29, 1.82) is 0 Å². The third-order valence-corrected chi connectivity index (χ3v) is 5.79. The second-order valence-corrected chi connectivity index (χ2v) is 8.05. The highest BCUT2D eigenvalue weighted by Gasteiger charge is 2.30. The summed E-state index contributed by atoms with van der Waals surface area (Å²) in [5.74, 6) is 1.72. The quantitative estimate of drug-likeness (QED) is 0.623. The molecule has 0 amide bonds. The Bertz CT molecular complexity index is 336. The largest absolute Gasteiger partial charge is 0.382 e. The van der Waals surface area contributed by atoms with Gasteiger partial charge in [-0.3, -0.25) is 4.90 Å². The topological polar surface area (TPSA) is 58.6 Å². The first-order chi connectivity index (χ1) is 9.05. The molecule has 1 atom stereocenters. The van der Waals surface area contributed by atoms with E-state index in [1.807, 2.05) is 6.92 Å². The number of sulfone groups is 1. The minimum Gasteiger partial charge on any atom is -0.382 e. The normalized spacial score (nSPS) is 21.7. The van der Waals surface area contributed by atoms with Crippen LogP contribution in [0.15, 0.2) is 0 Å². The number of nitrogens with one attached hydrogen (secondary N) is 1. The van der Waals surface area contributed by atoms with E-state index >= 15 is 0 Å². The first-order valence-corrected chi connectivity index (χ1v) is 9.95. The molecule has 0 aromatic carbocycles. The van der Waals surface area contributed by atoms with Crippen LogP contribution in [0.2, 0.25) is 0 Å². The fraction of sp³-hybridized carbons (Fsp3) is 1.00. The third kappa shape index (κ3) is 6.94. The molecular weight excluding hydrogens is 284 g/mol. The second-order valence-electron chi connectivity index (χ2n) is 4.70. The standard InChI is InChI=1S/C12H26N2O3S2/c1-3-17-9-4-5-13-6-7-14-8-10-18-11-12(14)19(2,15)16/h12-13H,3-11H2,1-2H3.